The number of halogens is 1. The van der Waals surface area contributed by atoms with Crippen molar-refractivity contribution in [2.24, 2.45) is 0 Å². The molecule has 0 amide bonds. The van der Waals surface area contributed by atoms with Crippen molar-refractivity contribution in [1.82, 2.24) is 20.3 Å². The van der Waals surface area contributed by atoms with Crippen LogP contribution in [-0.2, 0) is 0 Å². The Balaban J connectivity index is 1.67. The largest absolute Gasteiger partial charge is 0.490 e. The minimum Gasteiger partial charge on any atom is -0.490 e. The lowest BCUT2D eigenvalue weighted by atomic mass is 9.98. The van der Waals surface area contributed by atoms with Gasteiger partial charge >= 0.3 is 0 Å². The van der Waals surface area contributed by atoms with E-state index in [9.17, 15) is 9.65 Å². The summed E-state index contributed by atoms with van der Waals surface area (Å²) in [5.41, 5.74) is 4.15. The maximum atomic E-state index is 14.9. The maximum absolute atomic E-state index is 14.9. The van der Waals surface area contributed by atoms with Crippen molar-refractivity contribution in [1.29, 1.82) is 5.26 Å². The van der Waals surface area contributed by atoms with Crippen LogP contribution in [0.2, 0.25) is 0 Å². The number of ether oxygens (including phenoxy) is 1. The normalized spacial score (nSPS) is 15.8. The van der Waals surface area contributed by atoms with Crippen LogP contribution in [0.15, 0.2) is 55.0 Å². The fourth-order valence-corrected chi connectivity index (χ4v) is 4.06. The third-order valence-electron chi connectivity index (χ3n) is 5.58. The van der Waals surface area contributed by atoms with Gasteiger partial charge in [-0.3, -0.25) is 9.97 Å². The van der Waals surface area contributed by atoms with Gasteiger partial charge in [0.1, 0.15) is 18.2 Å². The highest BCUT2D eigenvalue weighted by Gasteiger charge is 2.22. The average Bonchev–Trinajstić information content (AvgIpc) is 3.46. The second kappa shape index (κ2) is 8.17. The van der Waals surface area contributed by atoms with E-state index in [4.69, 9.17) is 4.74 Å². The van der Waals surface area contributed by atoms with Crippen LogP contribution in [0, 0.1) is 17.1 Å². The zero-order valence-corrected chi connectivity index (χ0v) is 16.7. The Labute approximate surface area is 178 Å². The number of H-pyrrole nitrogens is 1. The number of nitriles is 1. The molecule has 5 rings (SSSR count). The van der Waals surface area contributed by atoms with E-state index < -0.39 is 5.82 Å². The summed E-state index contributed by atoms with van der Waals surface area (Å²) in [6, 6.07) is 12.3. The number of hydrogen-bond donors (Lipinski definition) is 2. The molecule has 3 aromatic heterocycles. The number of nitrogens with zero attached hydrogens (tertiary/aromatic N) is 3. The molecule has 7 heteroatoms. The van der Waals surface area contributed by atoms with E-state index in [1.807, 2.05) is 18.2 Å². The molecule has 0 bridgehead atoms. The fourth-order valence-electron chi connectivity index (χ4n) is 4.06. The molecule has 0 radical (unpaired) electrons. The van der Waals surface area contributed by atoms with Crippen LogP contribution in [0.25, 0.3) is 33.4 Å². The van der Waals surface area contributed by atoms with E-state index in [1.54, 1.807) is 24.7 Å². The minimum atomic E-state index is -0.418. The zero-order chi connectivity index (χ0) is 21.2. The Morgan fingerprint density at radius 3 is 2.97 bits per heavy atom. The van der Waals surface area contributed by atoms with Crippen molar-refractivity contribution in [2.75, 3.05) is 13.2 Å². The highest BCUT2D eigenvalue weighted by atomic mass is 19.1. The summed E-state index contributed by atoms with van der Waals surface area (Å²) in [5, 5.41) is 12.8. The van der Waals surface area contributed by atoms with Gasteiger partial charge in [-0.25, -0.2) is 4.39 Å². The van der Waals surface area contributed by atoms with Gasteiger partial charge < -0.3 is 15.0 Å². The number of fused-ring (bicyclic) bond motifs is 1. The Morgan fingerprint density at radius 1 is 1.19 bits per heavy atom. The molecule has 1 aliphatic rings. The second-order valence-corrected chi connectivity index (χ2v) is 7.56. The van der Waals surface area contributed by atoms with Crippen molar-refractivity contribution in [3.05, 3.63) is 66.4 Å². The average molecular weight is 413 g/mol. The van der Waals surface area contributed by atoms with Crippen molar-refractivity contribution in [3.8, 4) is 34.2 Å². The highest BCUT2D eigenvalue weighted by molar-refractivity contribution is 6.02. The third kappa shape index (κ3) is 3.62. The second-order valence-electron chi connectivity index (χ2n) is 7.56. The van der Waals surface area contributed by atoms with Crippen LogP contribution in [0.1, 0.15) is 18.4 Å². The molecule has 6 nitrogen and oxygen atoms in total. The van der Waals surface area contributed by atoms with Gasteiger partial charge in [-0.05, 0) is 55.8 Å². The highest BCUT2D eigenvalue weighted by Crippen LogP contribution is 2.41. The number of nitrogens with one attached hydrogen (secondary N) is 2. The van der Waals surface area contributed by atoms with Crippen LogP contribution >= 0.6 is 0 Å². The number of pyridine rings is 2. The molecule has 1 atom stereocenters. The molecule has 4 heterocycles. The lowest BCUT2D eigenvalue weighted by molar-refractivity contribution is 0.277. The Hall–Kier alpha value is -3.76. The van der Waals surface area contributed by atoms with Gasteiger partial charge in [0.2, 0.25) is 0 Å². The first-order valence-electron chi connectivity index (χ1n) is 10.2. The van der Waals surface area contributed by atoms with Crippen LogP contribution in [0.3, 0.4) is 0 Å². The minimum absolute atomic E-state index is 0.307. The monoisotopic (exact) mass is 413 g/mol. The molecule has 0 saturated carbocycles. The molecule has 1 aromatic carbocycles. The summed E-state index contributed by atoms with van der Waals surface area (Å²) in [4.78, 5) is 12.1. The number of benzene rings is 1. The molecule has 4 aromatic rings. The van der Waals surface area contributed by atoms with Crippen LogP contribution < -0.4 is 10.1 Å². The van der Waals surface area contributed by atoms with Crippen molar-refractivity contribution in [2.45, 2.75) is 18.9 Å². The predicted molar refractivity (Wildman–Crippen MR) is 116 cm³/mol. The van der Waals surface area contributed by atoms with Gasteiger partial charge in [0.15, 0.2) is 0 Å². The first kappa shape index (κ1) is 19.2. The lowest BCUT2D eigenvalue weighted by Crippen LogP contribution is -2.28. The molecule has 0 aliphatic carbocycles. The quantitative estimate of drug-likeness (QED) is 0.505. The summed E-state index contributed by atoms with van der Waals surface area (Å²) >= 11 is 0. The molecule has 31 heavy (non-hydrogen) atoms. The Kier molecular flexibility index (Phi) is 5.06. The van der Waals surface area contributed by atoms with Gasteiger partial charge in [-0.2, -0.15) is 5.26 Å². The number of rotatable bonds is 5. The van der Waals surface area contributed by atoms with E-state index in [-0.39, 0.29) is 0 Å². The Bertz CT molecular complexity index is 1290. The summed E-state index contributed by atoms with van der Waals surface area (Å²) < 4.78 is 21.1. The Morgan fingerprint density at radius 2 is 2.13 bits per heavy atom. The number of aromatic amines is 1. The molecule has 1 saturated heterocycles. The SMILES string of the molecule is N#Cc1ccc(F)c(-c2c(-c3ccncc3OC[C@@H]3CCCN3)[nH]c3cccnc23)c1. The van der Waals surface area contributed by atoms with E-state index in [0.717, 1.165) is 30.5 Å². The smallest absolute Gasteiger partial charge is 0.146 e. The summed E-state index contributed by atoms with van der Waals surface area (Å²) in [6.07, 6.45) is 7.24. The van der Waals surface area contributed by atoms with Gasteiger partial charge in [-0.1, -0.05) is 0 Å². The summed E-state index contributed by atoms with van der Waals surface area (Å²) in [6.45, 7) is 1.53. The van der Waals surface area contributed by atoms with E-state index in [1.165, 1.54) is 12.1 Å². The molecular weight excluding hydrogens is 393 g/mol. The van der Waals surface area contributed by atoms with Crippen LogP contribution in [-0.4, -0.2) is 34.1 Å². The van der Waals surface area contributed by atoms with E-state index in [0.29, 0.717) is 46.3 Å². The summed E-state index contributed by atoms with van der Waals surface area (Å²) in [7, 11) is 0. The van der Waals surface area contributed by atoms with Gasteiger partial charge in [-0.15, -0.1) is 0 Å². The van der Waals surface area contributed by atoms with Gasteiger partial charge in [0, 0.05) is 35.1 Å². The van der Waals surface area contributed by atoms with Gasteiger partial charge in [0.05, 0.1) is 34.6 Å². The molecule has 1 fully saturated rings. The fraction of sp³-hybridized carbons (Fsp3) is 0.208. The summed E-state index contributed by atoms with van der Waals surface area (Å²) in [5.74, 6) is 0.194. The van der Waals surface area contributed by atoms with Gasteiger partial charge in [0.25, 0.3) is 0 Å². The molecule has 0 spiro atoms. The number of aromatic nitrogens is 3. The van der Waals surface area contributed by atoms with E-state index in [2.05, 4.69) is 26.3 Å². The van der Waals surface area contributed by atoms with Crippen molar-refractivity contribution < 1.29 is 9.13 Å². The first-order valence-corrected chi connectivity index (χ1v) is 10.2. The maximum Gasteiger partial charge on any atom is 0.146 e. The van der Waals surface area contributed by atoms with Crippen molar-refractivity contribution in [3.63, 3.8) is 0 Å². The molecule has 1 aliphatic heterocycles. The number of hydrogen-bond acceptors (Lipinski definition) is 5. The third-order valence-corrected chi connectivity index (χ3v) is 5.58. The predicted octanol–water partition coefficient (Wildman–Crippen LogP) is 4.43. The molecular formula is C24H20FN5O. The molecule has 154 valence electrons. The lowest BCUT2D eigenvalue weighted by Gasteiger charge is -2.15. The van der Waals surface area contributed by atoms with E-state index >= 15 is 0 Å². The zero-order valence-electron chi connectivity index (χ0n) is 16.7. The standard InChI is InChI=1S/C24H20FN5O/c25-19-6-5-15(12-26)11-18(19)22-23(30-20-4-2-9-29-24(20)22)17-7-10-27-13-21(17)31-14-16-3-1-8-28-16/h2,4-7,9-11,13,16,28,30H,1,3,8,14H2/t16-/m0/s1. The molecule has 0 unspecified atom stereocenters. The first-order chi connectivity index (χ1) is 15.2. The topological polar surface area (TPSA) is 86.6 Å². The van der Waals surface area contributed by atoms with Crippen LogP contribution in [0.5, 0.6) is 5.75 Å². The molecule has 2 N–H and O–H groups in total. The van der Waals surface area contributed by atoms with Crippen molar-refractivity contribution >= 4 is 11.0 Å². The van der Waals surface area contributed by atoms with Crippen LogP contribution in [0.4, 0.5) is 4.39 Å².